The fourth-order valence-electron chi connectivity index (χ4n) is 1.68. The molecule has 0 saturated carbocycles. The monoisotopic (exact) mass is 209 g/mol. The normalized spacial score (nSPS) is 11.8. The molecule has 1 heteroatoms. The molecule has 0 fully saturated rings. The van der Waals surface area contributed by atoms with Gasteiger partial charge in [0.15, 0.2) is 0 Å². The minimum absolute atomic E-state index is 0.939. The van der Waals surface area contributed by atoms with Crippen molar-refractivity contribution in [1.82, 2.24) is 0 Å². The van der Waals surface area contributed by atoms with Crippen molar-refractivity contribution in [2.45, 2.75) is 65.7 Å². The third kappa shape index (κ3) is 9.71. The van der Waals surface area contributed by atoms with Gasteiger partial charge in [-0.25, -0.2) is 0 Å². The van der Waals surface area contributed by atoms with Gasteiger partial charge in [-0.1, -0.05) is 25.3 Å². The van der Waals surface area contributed by atoms with Crippen LogP contribution in [0.15, 0.2) is 17.1 Å². The average Bonchev–Trinajstić information content (AvgIpc) is 2.17. The highest BCUT2D eigenvalue weighted by molar-refractivity contribution is 5.84. The molecule has 0 aromatic carbocycles. The predicted molar refractivity (Wildman–Crippen MR) is 70.8 cm³/mol. The lowest BCUT2D eigenvalue weighted by Crippen LogP contribution is -2.00. The van der Waals surface area contributed by atoms with Gasteiger partial charge in [0.1, 0.15) is 0 Å². The van der Waals surface area contributed by atoms with E-state index in [9.17, 15) is 0 Å². The summed E-state index contributed by atoms with van der Waals surface area (Å²) in [5.74, 6) is 0. The van der Waals surface area contributed by atoms with Crippen LogP contribution in [0.3, 0.4) is 0 Å². The van der Waals surface area contributed by atoms with Crippen molar-refractivity contribution in [3.63, 3.8) is 0 Å². The Morgan fingerprint density at radius 1 is 1.00 bits per heavy atom. The number of nitrogens with zero attached hydrogens (tertiary/aromatic N) is 1. The smallest absolute Gasteiger partial charge is 0.0360 e. The van der Waals surface area contributed by atoms with E-state index in [0.717, 1.165) is 13.0 Å². The zero-order chi connectivity index (χ0) is 11.5. The maximum atomic E-state index is 4.58. The van der Waals surface area contributed by atoms with E-state index in [0.29, 0.717) is 0 Å². The molecule has 0 aliphatic carbocycles. The van der Waals surface area contributed by atoms with Gasteiger partial charge in [-0.05, 0) is 46.0 Å². The van der Waals surface area contributed by atoms with E-state index in [-0.39, 0.29) is 0 Å². The molecule has 0 aliphatic heterocycles. The fraction of sp³-hybridized carbons (Fsp3) is 0.786. The molecule has 0 spiro atoms. The van der Waals surface area contributed by atoms with E-state index in [4.69, 9.17) is 0 Å². The lowest BCUT2D eigenvalue weighted by molar-refractivity contribution is 0.727. The van der Waals surface area contributed by atoms with Crippen LogP contribution in [0, 0.1) is 0 Å². The average molecular weight is 209 g/mol. The standard InChI is InChI=1S/C14H27N/c1-5-7-8-11-14(15-6-2)12-9-10-13(3)4/h3,5-12H2,1-2,4H3. The first-order valence-electron chi connectivity index (χ1n) is 6.37. The molecule has 0 radical (unpaired) electrons. The molecule has 0 aromatic heterocycles. The zero-order valence-electron chi connectivity index (χ0n) is 10.8. The largest absolute Gasteiger partial charge is 0.294 e. The summed E-state index contributed by atoms with van der Waals surface area (Å²) >= 11 is 0. The first-order chi connectivity index (χ1) is 7.20. The summed E-state index contributed by atoms with van der Waals surface area (Å²) in [5.41, 5.74) is 2.71. The molecule has 0 aliphatic rings. The second-order valence-corrected chi connectivity index (χ2v) is 4.31. The Morgan fingerprint density at radius 3 is 2.20 bits per heavy atom. The third-order valence-electron chi connectivity index (χ3n) is 2.52. The number of rotatable bonds is 9. The highest BCUT2D eigenvalue weighted by Crippen LogP contribution is 2.09. The molecule has 0 N–H and O–H groups in total. The first kappa shape index (κ1) is 14.4. The van der Waals surface area contributed by atoms with Crippen LogP contribution >= 0.6 is 0 Å². The summed E-state index contributed by atoms with van der Waals surface area (Å²) < 4.78 is 0. The van der Waals surface area contributed by atoms with Crippen molar-refractivity contribution in [2.24, 2.45) is 4.99 Å². The Balaban J connectivity index is 3.73. The number of aliphatic imine (C=N–C) groups is 1. The summed E-state index contributed by atoms with van der Waals surface area (Å²) in [5, 5.41) is 0. The van der Waals surface area contributed by atoms with E-state index in [1.807, 2.05) is 0 Å². The van der Waals surface area contributed by atoms with Crippen LogP contribution in [-0.2, 0) is 0 Å². The van der Waals surface area contributed by atoms with Crippen molar-refractivity contribution in [3.05, 3.63) is 12.2 Å². The van der Waals surface area contributed by atoms with Crippen molar-refractivity contribution >= 4 is 5.71 Å². The predicted octanol–water partition coefficient (Wildman–Crippen LogP) is 4.77. The molecule has 15 heavy (non-hydrogen) atoms. The van der Waals surface area contributed by atoms with Crippen molar-refractivity contribution in [1.29, 1.82) is 0 Å². The Labute approximate surface area is 95.7 Å². The topological polar surface area (TPSA) is 12.4 Å². The highest BCUT2D eigenvalue weighted by atomic mass is 14.7. The molecule has 0 atom stereocenters. The summed E-state index contributed by atoms with van der Waals surface area (Å²) in [7, 11) is 0. The Hall–Kier alpha value is -0.590. The molecule has 0 saturated heterocycles. The fourth-order valence-corrected chi connectivity index (χ4v) is 1.68. The van der Waals surface area contributed by atoms with Gasteiger partial charge in [0.05, 0.1) is 0 Å². The Morgan fingerprint density at radius 2 is 1.67 bits per heavy atom. The molecule has 0 bridgehead atoms. The second-order valence-electron chi connectivity index (χ2n) is 4.31. The van der Waals surface area contributed by atoms with Crippen LogP contribution < -0.4 is 0 Å². The van der Waals surface area contributed by atoms with Crippen LogP contribution in [0.5, 0.6) is 0 Å². The molecule has 0 aromatic rings. The quantitative estimate of drug-likeness (QED) is 0.294. The zero-order valence-corrected chi connectivity index (χ0v) is 10.8. The number of hydrogen-bond acceptors (Lipinski definition) is 1. The summed E-state index contributed by atoms with van der Waals surface area (Å²) in [6.45, 7) is 11.3. The lowest BCUT2D eigenvalue weighted by atomic mass is 10.0. The van der Waals surface area contributed by atoms with E-state index in [1.165, 1.54) is 49.8 Å². The highest BCUT2D eigenvalue weighted by Gasteiger charge is 1.99. The van der Waals surface area contributed by atoms with Gasteiger partial charge in [-0.2, -0.15) is 0 Å². The van der Waals surface area contributed by atoms with Crippen molar-refractivity contribution < 1.29 is 0 Å². The van der Waals surface area contributed by atoms with Gasteiger partial charge < -0.3 is 0 Å². The molecular formula is C14H27N. The van der Waals surface area contributed by atoms with E-state index in [2.05, 4.69) is 32.3 Å². The summed E-state index contributed by atoms with van der Waals surface area (Å²) in [6.07, 6.45) is 8.69. The maximum Gasteiger partial charge on any atom is 0.0360 e. The third-order valence-corrected chi connectivity index (χ3v) is 2.52. The van der Waals surface area contributed by atoms with E-state index < -0.39 is 0 Å². The Bertz CT molecular complexity index is 192. The SMILES string of the molecule is C=C(C)CCCC(CCCCC)=NCC. The molecular weight excluding hydrogens is 182 g/mol. The van der Waals surface area contributed by atoms with Crippen molar-refractivity contribution in [3.8, 4) is 0 Å². The maximum absolute atomic E-state index is 4.58. The van der Waals surface area contributed by atoms with Crippen LogP contribution in [0.25, 0.3) is 0 Å². The van der Waals surface area contributed by atoms with Crippen LogP contribution in [0.2, 0.25) is 0 Å². The molecule has 0 rings (SSSR count). The summed E-state index contributed by atoms with van der Waals surface area (Å²) in [4.78, 5) is 4.58. The number of allylic oxidation sites excluding steroid dienone is 1. The molecule has 0 amide bonds. The lowest BCUT2D eigenvalue weighted by Gasteiger charge is -2.06. The van der Waals surface area contributed by atoms with Gasteiger partial charge in [0.2, 0.25) is 0 Å². The number of unbranched alkanes of at least 4 members (excludes halogenated alkanes) is 2. The van der Waals surface area contributed by atoms with Gasteiger partial charge >= 0.3 is 0 Å². The van der Waals surface area contributed by atoms with Crippen LogP contribution in [-0.4, -0.2) is 12.3 Å². The van der Waals surface area contributed by atoms with E-state index in [1.54, 1.807) is 0 Å². The van der Waals surface area contributed by atoms with Crippen LogP contribution in [0.4, 0.5) is 0 Å². The minimum Gasteiger partial charge on any atom is -0.294 e. The molecule has 88 valence electrons. The number of hydrogen-bond donors (Lipinski definition) is 0. The molecule has 0 heterocycles. The van der Waals surface area contributed by atoms with Gasteiger partial charge in [0, 0.05) is 12.3 Å². The van der Waals surface area contributed by atoms with Gasteiger partial charge in [-0.15, -0.1) is 6.58 Å². The first-order valence-corrected chi connectivity index (χ1v) is 6.37. The second kappa shape index (κ2) is 9.95. The minimum atomic E-state index is 0.939. The van der Waals surface area contributed by atoms with Crippen LogP contribution in [0.1, 0.15) is 65.7 Å². The molecule has 1 nitrogen and oxygen atoms in total. The molecule has 0 unspecified atom stereocenters. The van der Waals surface area contributed by atoms with E-state index >= 15 is 0 Å². The van der Waals surface area contributed by atoms with Gasteiger partial charge in [-0.3, -0.25) is 4.99 Å². The summed E-state index contributed by atoms with van der Waals surface area (Å²) in [6, 6.07) is 0. The van der Waals surface area contributed by atoms with Crippen molar-refractivity contribution in [2.75, 3.05) is 6.54 Å². The Kier molecular flexibility index (Phi) is 9.55. The van der Waals surface area contributed by atoms with Gasteiger partial charge in [0.25, 0.3) is 0 Å².